The lowest BCUT2D eigenvalue weighted by Crippen LogP contribution is -2.17. The van der Waals surface area contributed by atoms with Crippen LogP contribution in [0.5, 0.6) is 0 Å². The average molecular weight is 136 g/mol. The van der Waals surface area contributed by atoms with Crippen LogP contribution in [0, 0.1) is 0 Å². The summed E-state index contributed by atoms with van der Waals surface area (Å²) in [4.78, 5) is 9.82. The zero-order chi connectivity index (χ0) is 7.11. The van der Waals surface area contributed by atoms with Crippen LogP contribution in [0.3, 0.4) is 0 Å². The number of carbonyl (C=O) groups excluding carboxylic acids is 1. The SMILES string of the molecule is COCO[C@H](C=O)CF. The first-order valence-corrected chi connectivity index (χ1v) is 2.47. The summed E-state index contributed by atoms with van der Waals surface area (Å²) in [6, 6.07) is 0. The van der Waals surface area contributed by atoms with E-state index in [-0.39, 0.29) is 6.79 Å². The van der Waals surface area contributed by atoms with Gasteiger partial charge >= 0.3 is 0 Å². The van der Waals surface area contributed by atoms with E-state index in [1.54, 1.807) is 0 Å². The Labute approximate surface area is 52.8 Å². The number of ether oxygens (including phenoxy) is 2. The van der Waals surface area contributed by atoms with Gasteiger partial charge in [-0.3, -0.25) is 0 Å². The highest BCUT2D eigenvalue weighted by molar-refractivity contribution is 5.55. The van der Waals surface area contributed by atoms with Crippen molar-refractivity contribution in [3.8, 4) is 0 Å². The van der Waals surface area contributed by atoms with E-state index in [4.69, 9.17) is 0 Å². The summed E-state index contributed by atoms with van der Waals surface area (Å²) in [6.07, 6.45) is -0.566. The van der Waals surface area contributed by atoms with E-state index >= 15 is 0 Å². The summed E-state index contributed by atoms with van der Waals surface area (Å²) in [6.45, 7) is -0.847. The maximum atomic E-state index is 11.6. The molecule has 0 aliphatic rings. The van der Waals surface area contributed by atoms with Gasteiger partial charge < -0.3 is 14.3 Å². The van der Waals surface area contributed by atoms with Gasteiger partial charge in [0.1, 0.15) is 19.6 Å². The molecule has 0 unspecified atom stereocenters. The second-order valence-corrected chi connectivity index (χ2v) is 1.40. The largest absolute Gasteiger partial charge is 0.359 e. The molecule has 0 aromatic rings. The maximum Gasteiger partial charge on any atom is 0.151 e. The molecule has 0 spiro atoms. The third-order valence-electron chi connectivity index (χ3n) is 0.704. The van der Waals surface area contributed by atoms with Crippen molar-refractivity contribution in [2.75, 3.05) is 20.6 Å². The summed E-state index contributed by atoms with van der Waals surface area (Å²) in [5.41, 5.74) is 0. The fraction of sp³-hybridized carbons (Fsp3) is 0.800. The highest BCUT2D eigenvalue weighted by atomic mass is 19.1. The molecule has 3 nitrogen and oxygen atoms in total. The summed E-state index contributed by atoms with van der Waals surface area (Å²) in [5, 5.41) is 0. The third kappa shape index (κ3) is 4.05. The molecule has 4 heteroatoms. The molecule has 0 bridgehead atoms. The molecule has 0 fully saturated rings. The van der Waals surface area contributed by atoms with Crippen molar-refractivity contribution in [3.05, 3.63) is 0 Å². The number of rotatable bonds is 5. The summed E-state index contributed by atoms with van der Waals surface area (Å²) in [7, 11) is 1.40. The molecule has 9 heavy (non-hydrogen) atoms. The Morgan fingerprint density at radius 3 is 2.78 bits per heavy atom. The van der Waals surface area contributed by atoms with Crippen LogP contribution < -0.4 is 0 Å². The fourth-order valence-electron chi connectivity index (χ4n) is 0.276. The second-order valence-electron chi connectivity index (χ2n) is 1.40. The smallest absolute Gasteiger partial charge is 0.151 e. The lowest BCUT2D eigenvalue weighted by atomic mass is 10.4. The Balaban J connectivity index is 3.20. The molecule has 0 aliphatic carbocycles. The maximum absolute atomic E-state index is 11.6. The van der Waals surface area contributed by atoms with Gasteiger partial charge in [-0.2, -0.15) is 0 Å². The molecule has 0 saturated carbocycles. The highest BCUT2D eigenvalue weighted by Gasteiger charge is 2.04. The molecular weight excluding hydrogens is 127 g/mol. The Morgan fingerprint density at radius 2 is 2.44 bits per heavy atom. The molecule has 0 aromatic carbocycles. The minimum absolute atomic E-state index is 0.0483. The minimum atomic E-state index is -0.968. The Kier molecular flexibility index (Phi) is 5.35. The number of methoxy groups -OCH3 is 1. The van der Waals surface area contributed by atoms with Gasteiger partial charge in [-0.15, -0.1) is 0 Å². The van der Waals surface area contributed by atoms with E-state index in [2.05, 4.69) is 9.47 Å². The summed E-state index contributed by atoms with van der Waals surface area (Å²) >= 11 is 0. The van der Waals surface area contributed by atoms with Gasteiger partial charge in [0.25, 0.3) is 0 Å². The molecule has 0 aliphatic heterocycles. The van der Waals surface area contributed by atoms with Gasteiger partial charge in [0.05, 0.1) is 0 Å². The lowest BCUT2D eigenvalue weighted by molar-refractivity contribution is -0.128. The van der Waals surface area contributed by atoms with Crippen LogP contribution in [0.2, 0.25) is 0 Å². The lowest BCUT2D eigenvalue weighted by Gasteiger charge is -2.04. The molecule has 0 heterocycles. The van der Waals surface area contributed by atoms with Gasteiger partial charge in [-0.05, 0) is 0 Å². The van der Waals surface area contributed by atoms with E-state index in [1.807, 2.05) is 0 Å². The molecule has 0 rings (SSSR count). The van der Waals surface area contributed by atoms with Gasteiger partial charge in [-0.1, -0.05) is 0 Å². The topological polar surface area (TPSA) is 35.5 Å². The van der Waals surface area contributed by atoms with E-state index < -0.39 is 12.8 Å². The standard InChI is InChI=1S/C5H9FO3/c1-8-4-9-5(2-6)3-7/h3,5H,2,4H2,1H3/t5-/m0/s1. The zero-order valence-corrected chi connectivity index (χ0v) is 5.17. The average Bonchev–Trinajstić information content (AvgIpc) is 1.91. The Morgan fingerprint density at radius 1 is 1.78 bits per heavy atom. The first kappa shape index (κ1) is 8.52. The van der Waals surface area contributed by atoms with E-state index in [0.717, 1.165) is 0 Å². The van der Waals surface area contributed by atoms with Gasteiger partial charge in [-0.25, -0.2) is 4.39 Å². The molecule has 0 amide bonds. The van der Waals surface area contributed by atoms with Crippen LogP contribution in [0.1, 0.15) is 0 Å². The van der Waals surface area contributed by atoms with Crippen molar-refractivity contribution in [3.63, 3.8) is 0 Å². The first-order valence-electron chi connectivity index (χ1n) is 2.47. The summed E-state index contributed by atoms with van der Waals surface area (Å²) in [5.74, 6) is 0. The van der Waals surface area contributed by atoms with Gasteiger partial charge in [0, 0.05) is 7.11 Å². The van der Waals surface area contributed by atoms with Crippen molar-refractivity contribution in [2.45, 2.75) is 6.10 Å². The van der Waals surface area contributed by atoms with Crippen LogP contribution in [-0.2, 0) is 14.3 Å². The fourth-order valence-corrected chi connectivity index (χ4v) is 0.276. The van der Waals surface area contributed by atoms with Crippen molar-refractivity contribution < 1.29 is 18.7 Å². The minimum Gasteiger partial charge on any atom is -0.359 e. The number of hydrogen-bond acceptors (Lipinski definition) is 3. The number of halogens is 1. The van der Waals surface area contributed by atoms with Crippen LogP contribution >= 0.6 is 0 Å². The van der Waals surface area contributed by atoms with Crippen LogP contribution in [0.4, 0.5) is 4.39 Å². The quantitative estimate of drug-likeness (QED) is 0.398. The Hall–Kier alpha value is -0.480. The highest BCUT2D eigenvalue weighted by Crippen LogP contribution is 1.87. The first-order chi connectivity index (χ1) is 4.35. The van der Waals surface area contributed by atoms with Crippen molar-refractivity contribution in [2.24, 2.45) is 0 Å². The second kappa shape index (κ2) is 5.65. The monoisotopic (exact) mass is 136 g/mol. The molecule has 1 atom stereocenters. The van der Waals surface area contributed by atoms with Crippen LogP contribution in [-0.4, -0.2) is 33.0 Å². The van der Waals surface area contributed by atoms with Crippen LogP contribution in [0.15, 0.2) is 0 Å². The third-order valence-corrected chi connectivity index (χ3v) is 0.704. The van der Waals surface area contributed by atoms with Gasteiger partial charge in [0.15, 0.2) is 6.29 Å². The summed E-state index contributed by atoms with van der Waals surface area (Å²) < 4.78 is 20.5. The van der Waals surface area contributed by atoms with E-state index in [0.29, 0.717) is 6.29 Å². The zero-order valence-electron chi connectivity index (χ0n) is 5.17. The molecule has 0 N–H and O–H groups in total. The van der Waals surface area contributed by atoms with Crippen LogP contribution in [0.25, 0.3) is 0 Å². The van der Waals surface area contributed by atoms with Crippen molar-refractivity contribution in [1.82, 2.24) is 0 Å². The number of aldehydes is 1. The van der Waals surface area contributed by atoms with Crippen molar-refractivity contribution >= 4 is 6.29 Å². The van der Waals surface area contributed by atoms with Gasteiger partial charge in [0.2, 0.25) is 0 Å². The number of alkyl halides is 1. The predicted molar refractivity (Wildman–Crippen MR) is 28.8 cm³/mol. The van der Waals surface area contributed by atoms with E-state index in [1.165, 1.54) is 7.11 Å². The normalized spacial score (nSPS) is 13.1. The molecule has 0 radical (unpaired) electrons. The molecule has 0 aromatic heterocycles. The predicted octanol–water partition coefficient (Wildman–Crippen LogP) is 0.144. The van der Waals surface area contributed by atoms with E-state index in [9.17, 15) is 9.18 Å². The number of carbonyl (C=O) groups is 1. The molecular formula is C5H9FO3. The Bertz CT molecular complexity index is 76.6. The van der Waals surface area contributed by atoms with Crippen molar-refractivity contribution in [1.29, 1.82) is 0 Å². The number of hydrogen-bond donors (Lipinski definition) is 0. The molecule has 0 saturated heterocycles. The molecule has 54 valence electrons.